The molecule has 2 rings (SSSR count). The second-order valence-electron chi connectivity index (χ2n) is 3.98. The Hall–Kier alpha value is -2.16. The van der Waals surface area contributed by atoms with Crippen LogP contribution < -0.4 is 0 Å². The molecule has 0 atom stereocenters. The molecule has 17 heavy (non-hydrogen) atoms. The molecule has 0 aliphatic carbocycles. The molecule has 0 saturated heterocycles. The third-order valence-electron chi connectivity index (χ3n) is 2.78. The summed E-state index contributed by atoms with van der Waals surface area (Å²) in [6, 6.07) is 12.9. The predicted molar refractivity (Wildman–Crippen MR) is 67.8 cm³/mol. The number of benzene rings is 2. The van der Waals surface area contributed by atoms with Gasteiger partial charge in [0.15, 0.2) is 0 Å². The van der Waals surface area contributed by atoms with Crippen molar-refractivity contribution in [2.75, 3.05) is 0 Å². The van der Waals surface area contributed by atoms with Gasteiger partial charge in [-0.15, -0.1) is 0 Å². The molecule has 0 radical (unpaired) electrons. The Balaban J connectivity index is 2.37. The maximum absolute atomic E-state index is 10.2. The fourth-order valence-corrected chi connectivity index (χ4v) is 1.78. The maximum Gasteiger partial charge on any atom is 0.115 e. The van der Waals surface area contributed by atoms with E-state index in [1.807, 2.05) is 37.3 Å². The van der Waals surface area contributed by atoms with Crippen molar-refractivity contribution in [3.05, 3.63) is 58.5 Å². The van der Waals surface area contributed by atoms with Crippen molar-refractivity contribution in [3.8, 4) is 16.9 Å². The molecule has 0 aliphatic heterocycles. The molecule has 0 amide bonds. The first-order valence-corrected chi connectivity index (χ1v) is 5.39. The highest BCUT2D eigenvalue weighted by atomic mass is 16.3. The molecule has 0 saturated carbocycles. The first-order chi connectivity index (χ1) is 8.20. The lowest BCUT2D eigenvalue weighted by atomic mass is 10.00. The van der Waals surface area contributed by atoms with Gasteiger partial charge in [0.25, 0.3) is 0 Å². The summed E-state index contributed by atoms with van der Waals surface area (Å²) in [5.74, 6) is 0.257. The summed E-state index contributed by atoms with van der Waals surface area (Å²) in [7, 11) is 0. The summed E-state index contributed by atoms with van der Waals surface area (Å²) in [5, 5.41) is 12.1. The second-order valence-corrected chi connectivity index (χ2v) is 3.98. The summed E-state index contributed by atoms with van der Waals surface area (Å²) in [4.78, 5) is 10.2. The van der Waals surface area contributed by atoms with Gasteiger partial charge in [-0.2, -0.15) is 4.91 Å². The number of nitroso groups, excluding NO2 is 1. The minimum absolute atomic E-state index is 0.210. The number of aromatic hydroxyl groups is 1. The minimum atomic E-state index is 0.210. The third kappa shape index (κ3) is 2.50. The van der Waals surface area contributed by atoms with E-state index in [0.717, 1.165) is 22.3 Å². The van der Waals surface area contributed by atoms with Crippen LogP contribution in [0, 0.1) is 11.8 Å². The fraction of sp³-hybridized carbons (Fsp3) is 0.143. The second kappa shape index (κ2) is 4.78. The lowest BCUT2D eigenvalue weighted by Crippen LogP contribution is -1.88. The van der Waals surface area contributed by atoms with Crippen molar-refractivity contribution >= 4 is 0 Å². The van der Waals surface area contributed by atoms with Crippen LogP contribution in [0.4, 0.5) is 0 Å². The van der Waals surface area contributed by atoms with Crippen LogP contribution in [0.5, 0.6) is 5.75 Å². The van der Waals surface area contributed by atoms with Crippen molar-refractivity contribution in [2.24, 2.45) is 5.18 Å². The van der Waals surface area contributed by atoms with Gasteiger partial charge in [0.2, 0.25) is 0 Å². The van der Waals surface area contributed by atoms with Gasteiger partial charge in [0.05, 0.1) is 0 Å². The van der Waals surface area contributed by atoms with Crippen molar-refractivity contribution in [1.29, 1.82) is 0 Å². The molecule has 0 heterocycles. The first-order valence-electron chi connectivity index (χ1n) is 5.39. The molecule has 0 aromatic heterocycles. The highest BCUT2D eigenvalue weighted by Gasteiger charge is 2.02. The van der Waals surface area contributed by atoms with Crippen LogP contribution in [0.3, 0.4) is 0 Å². The van der Waals surface area contributed by atoms with Crippen LogP contribution >= 0.6 is 0 Å². The van der Waals surface area contributed by atoms with Gasteiger partial charge in [-0.1, -0.05) is 35.5 Å². The van der Waals surface area contributed by atoms with E-state index in [-0.39, 0.29) is 12.3 Å². The van der Waals surface area contributed by atoms with E-state index in [1.165, 1.54) is 0 Å². The zero-order valence-electron chi connectivity index (χ0n) is 9.55. The van der Waals surface area contributed by atoms with Gasteiger partial charge in [0.1, 0.15) is 12.3 Å². The largest absolute Gasteiger partial charge is 0.508 e. The topological polar surface area (TPSA) is 49.7 Å². The van der Waals surface area contributed by atoms with E-state index in [4.69, 9.17) is 0 Å². The zero-order chi connectivity index (χ0) is 12.3. The molecule has 0 bridgehead atoms. The molecule has 1 N–H and O–H groups in total. The average Bonchev–Trinajstić information content (AvgIpc) is 2.33. The molecule has 86 valence electrons. The van der Waals surface area contributed by atoms with Gasteiger partial charge in [-0.25, -0.2) is 0 Å². The van der Waals surface area contributed by atoms with Crippen LogP contribution in [0.15, 0.2) is 47.6 Å². The molecule has 3 heteroatoms. The average molecular weight is 227 g/mol. The van der Waals surface area contributed by atoms with E-state index in [1.54, 1.807) is 12.1 Å². The quantitative estimate of drug-likeness (QED) is 0.814. The molecule has 0 spiro atoms. The van der Waals surface area contributed by atoms with Crippen LogP contribution in [0.1, 0.15) is 11.1 Å². The monoisotopic (exact) mass is 227 g/mol. The number of nitrogens with zero attached hydrogens (tertiary/aromatic N) is 1. The normalized spacial score (nSPS) is 10.2. The zero-order valence-corrected chi connectivity index (χ0v) is 9.55. The summed E-state index contributed by atoms with van der Waals surface area (Å²) in [5.41, 5.74) is 4.10. The van der Waals surface area contributed by atoms with E-state index >= 15 is 0 Å². The Bertz CT molecular complexity index is 532. The molecular weight excluding hydrogens is 214 g/mol. The Kier molecular flexibility index (Phi) is 3.19. The van der Waals surface area contributed by atoms with Crippen molar-refractivity contribution < 1.29 is 5.11 Å². The molecule has 2 aromatic rings. The van der Waals surface area contributed by atoms with Gasteiger partial charge in [-0.3, -0.25) is 0 Å². The van der Waals surface area contributed by atoms with E-state index in [2.05, 4.69) is 5.18 Å². The van der Waals surface area contributed by atoms with Gasteiger partial charge in [0, 0.05) is 0 Å². The molecule has 0 aliphatic rings. The van der Waals surface area contributed by atoms with Crippen LogP contribution in [-0.4, -0.2) is 5.11 Å². The Morgan fingerprint density at radius 2 is 1.71 bits per heavy atom. The van der Waals surface area contributed by atoms with Gasteiger partial charge >= 0.3 is 0 Å². The number of hydrogen-bond acceptors (Lipinski definition) is 3. The molecule has 0 unspecified atom stereocenters. The molecule has 3 nitrogen and oxygen atoms in total. The van der Waals surface area contributed by atoms with Crippen molar-refractivity contribution in [1.82, 2.24) is 0 Å². The highest BCUT2D eigenvalue weighted by molar-refractivity contribution is 5.65. The summed E-state index contributed by atoms with van der Waals surface area (Å²) < 4.78 is 0. The number of phenolic OH excluding ortho intramolecular Hbond substituents is 1. The van der Waals surface area contributed by atoms with Crippen LogP contribution in [0.2, 0.25) is 0 Å². The van der Waals surface area contributed by atoms with Gasteiger partial charge < -0.3 is 5.11 Å². The summed E-state index contributed by atoms with van der Waals surface area (Å²) in [6.07, 6.45) is 0. The highest BCUT2D eigenvalue weighted by Crippen LogP contribution is 2.24. The predicted octanol–water partition coefficient (Wildman–Crippen LogP) is 3.63. The van der Waals surface area contributed by atoms with Crippen LogP contribution in [-0.2, 0) is 6.54 Å². The number of rotatable bonds is 3. The minimum Gasteiger partial charge on any atom is -0.508 e. The smallest absolute Gasteiger partial charge is 0.115 e. The Labute approximate surface area is 99.7 Å². The van der Waals surface area contributed by atoms with E-state index in [9.17, 15) is 10.0 Å². The molecule has 0 fully saturated rings. The summed E-state index contributed by atoms with van der Waals surface area (Å²) >= 11 is 0. The number of phenols is 1. The van der Waals surface area contributed by atoms with Crippen molar-refractivity contribution in [2.45, 2.75) is 13.5 Å². The number of aryl methyl sites for hydroxylation is 1. The SMILES string of the molecule is Cc1cc(-c2ccc(O)cc2)ccc1CN=O. The van der Waals surface area contributed by atoms with E-state index in [0.29, 0.717) is 0 Å². The fourth-order valence-electron chi connectivity index (χ4n) is 1.78. The summed E-state index contributed by atoms with van der Waals surface area (Å²) in [6.45, 7) is 2.17. The van der Waals surface area contributed by atoms with Crippen LogP contribution in [0.25, 0.3) is 11.1 Å². The standard InChI is InChI=1S/C14H13NO2/c1-10-8-12(2-3-13(10)9-15-17)11-4-6-14(16)7-5-11/h2-8,16H,9H2,1H3. The first kappa shape index (κ1) is 11.3. The third-order valence-corrected chi connectivity index (χ3v) is 2.78. The number of hydrogen-bond donors (Lipinski definition) is 1. The Morgan fingerprint density at radius 3 is 2.29 bits per heavy atom. The van der Waals surface area contributed by atoms with Gasteiger partial charge in [-0.05, 0) is 41.3 Å². The molecular formula is C14H13NO2. The van der Waals surface area contributed by atoms with Crippen molar-refractivity contribution in [3.63, 3.8) is 0 Å². The lowest BCUT2D eigenvalue weighted by Gasteiger charge is -2.06. The van der Waals surface area contributed by atoms with E-state index < -0.39 is 0 Å². The molecule has 2 aromatic carbocycles. The maximum atomic E-state index is 10.2. The Morgan fingerprint density at radius 1 is 1.06 bits per heavy atom. The lowest BCUT2D eigenvalue weighted by molar-refractivity contribution is 0.475.